The lowest BCUT2D eigenvalue weighted by Gasteiger charge is -2.13. The van der Waals surface area contributed by atoms with Crippen LogP contribution in [0.2, 0.25) is 0 Å². The summed E-state index contributed by atoms with van der Waals surface area (Å²) in [4.78, 5) is 5.26. The first-order valence-electron chi connectivity index (χ1n) is 15.8. The second kappa shape index (κ2) is 9.16. The van der Waals surface area contributed by atoms with Crippen LogP contribution in [0.3, 0.4) is 0 Å². The van der Waals surface area contributed by atoms with Gasteiger partial charge in [0.2, 0.25) is 0 Å². The van der Waals surface area contributed by atoms with Gasteiger partial charge in [0.15, 0.2) is 5.13 Å². The summed E-state index contributed by atoms with van der Waals surface area (Å²) < 4.78 is 8.72. The first kappa shape index (κ1) is 25.0. The van der Waals surface area contributed by atoms with Gasteiger partial charge in [0.05, 0.1) is 32.3 Å². The number of benzene rings is 6. The van der Waals surface area contributed by atoms with Crippen LogP contribution in [0.4, 0.5) is 0 Å². The van der Waals surface area contributed by atoms with Crippen molar-refractivity contribution in [2.75, 3.05) is 0 Å². The Morgan fingerprint density at radius 3 is 2.24 bits per heavy atom. The molecule has 0 fully saturated rings. The Morgan fingerprint density at radius 1 is 0.565 bits per heavy atom. The van der Waals surface area contributed by atoms with Gasteiger partial charge in [0.1, 0.15) is 0 Å². The minimum atomic E-state index is 1.01. The van der Waals surface area contributed by atoms with E-state index in [1.165, 1.54) is 85.3 Å². The van der Waals surface area contributed by atoms with Gasteiger partial charge >= 0.3 is 0 Å². The molecule has 0 saturated carbocycles. The maximum Gasteiger partial charge on any atom is 0.195 e. The van der Waals surface area contributed by atoms with Crippen LogP contribution in [-0.2, 0) is 6.42 Å². The lowest BCUT2D eigenvalue weighted by molar-refractivity contribution is 0.989. The molecular formula is C41H25N3S2. The smallest absolute Gasteiger partial charge is 0.195 e. The molecule has 0 aliphatic heterocycles. The summed E-state index contributed by atoms with van der Waals surface area (Å²) in [6.07, 6.45) is 6.87. The summed E-state index contributed by atoms with van der Waals surface area (Å²) in [6.45, 7) is 0. The number of thiophene rings is 1. The number of fused-ring (bicyclic) bond motifs is 13. The van der Waals surface area contributed by atoms with Crippen molar-refractivity contribution >= 4 is 103 Å². The number of hydrogen-bond acceptors (Lipinski definition) is 3. The van der Waals surface area contributed by atoms with Crippen molar-refractivity contribution in [3.8, 4) is 10.8 Å². The van der Waals surface area contributed by atoms with Crippen LogP contribution >= 0.6 is 22.7 Å². The third kappa shape index (κ3) is 3.28. The van der Waals surface area contributed by atoms with Crippen LogP contribution < -0.4 is 0 Å². The fourth-order valence-corrected chi connectivity index (χ4v) is 10.2. The normalized spacial score (nSPS) is 13.4. The van der Waals surface area contributed by atoms with Gasteiger partial charge in [0.25, 0.3) is 0 Å². The third-order valence-corrected chi connectivity index (χ3v) is 12.0. The molecular weight excluding hydrogens is 599 g/mol. The molecule has 11 rings (SSSR count). The molecule has 3 nitrogen and oxygen atoms in total. The zero-order valence-electron chi connectivity index (χ0n) is 24.7. The molecule has 1 aliphatic carbocycles. The fraction of sp³-hybridized carbons (Fsp3) is 0.0488. The lowest BCUT2D eigenvalue weighted by atomic mass is 9.93. The van der Waals surface area contributed by atoms with Gasteiger partial charge in [-0.05, 0) is 78.6 Å². The summed E-state index contributed by atoms with van der Waals surface area (Å²) in [6, 6.07) is 42.4. The number of aryl methyl sites for hydroxylation is 1. The summed E-state index contributed by atoms with van der Waals surface area (Å²) in [5.74, 6) is 0. The van der Waals surface area contributed by atoms with Crippen molar-refractivity contribution in [1.29, 1.82) is 0 Å². The van der Waals surface area contributed by atoms with E-state index >= 15 is 0 Å². The number of nitrogens with zero attached hydrogens (tertiary/aromatic N) is 3. The second-order valence-corrected chi connectivity index (χ2v) is 14.3. The van der Waals surface area contributed by atoms with E-state index in [1.54, 1.807) is 11.3 Å². The number of hydrogen-bond donors (Lipinski definition) is 0. The van der Waals surface area contributed by atoms with E-state index in [2.05, 4.69) is 137 Å². The van der Waals surface area contributed by atoms with E-state index in [1.807, 2.05) is 11.3 Å². The largest absolute Gasteiger partial charge is 0.309 e. The molecule has 0 bridgehead atoms. The SMILES string of the molecule is C1=Cc2c(ccc3c2c2ccccc2n3-c2ccc3c(c2)c2ccccc2n3-c2nc3ccc4sc5ccccc5c4c3s2)CC1. The number of para-hydroxylation sites is 2. The van der Waals surface area contributed by atoms with Crippen LogP contribution in [0.5, 0.6) is 0 Å². The molecule has 6 aromatic carbocycles. The van der Waals surface area contributed by atoms with Crippen molar-refractivity contribution in [2.45, 2.75) is 12.8 Å². The molecule has 4 aromatic heterocycles. The molecule has 10 aromatic rings. The van der Waals surface area contributed by atoms with Crippen LogP contribution in [0, 0.1) is 0 Å². The molecule has 0 saturated heterocycles. The molecule has 5 heteroatoms. The van der Waals surface area contributed by atoms with E-state index in [0.29, 0.717) is 0 Å². The van der Waals surface area contributed by atoms with E-state index in [4.69, 9.17) is 4.98 Å². The second-order valence-electron chi connectivity index (χ2n) is 12.3. The standard InChI is InChI=1S/C41H25N3S2/c1-2-10-26-24(9-1)17-20-35-38(26)28-12-4-7-15-33(28)43(35)25-18-21-34-30(23-25)27-11-3-6-14-32(27)44(34)41-42-31-19-22-37-39(40(31)46-41)29-13-5-8-16-36(29)45-37/h2-8,10-23H,1,9H2. The molecule has 0 spiro atoms. The number of allylic oxidation sites excluding steroid dienone is 1. The van der Waals surface area contributed by atoms with E-state index in [0.717, 1.165) is 23.5 Å². The van der Waals surface area contributed by atoms with E-state index in [9.17, 15) is 0 Å². The number of aromatic nitrogens is 3. The highest BCUT2D eigenvalue weighted by atomic mass is 32.1. The molecule has 216 valence electrons. The van der Waals surface area contributed by atoms with Crippen molar-refractivity contribution in [3.05, 3.63) is 132 Å². The van der Waals surface area contributed by atoms with Crippen molar-refractivity contribution in [2.24, 2.45) is 0 Å². The van der Waals surface area contributed by atoms with E-state index < -0.39 is 0 Å². The molecule has 4 heterocycles. The molecule has 0 atom stereocenters. The van der Waals surface area contributed by atoms with Crippen LogP contribution in [0.15, 0.2) is 121 Å². The monoisotopic (exact) mass is 623 g/mol. The molecule has 1 aliphatic rings. The first-order valence-corrected chi connectivity index (χ1v) is 17.4. The minimum absolute atomic E-state index is 1.01. The average molecular weight is 624 g/mol. The highest BCUT2D eigenvalue weighted by Gasteiger charge is 2.21. The van der Waals surface area contributed by atoms with Crippen molar-refractivity contribution in [1.82, 2.24) is 14.1 Å². The highest BCUT2D eigenvalue weighted by Crippen LogP contribution is 2.44. The fourth-order valence-electron chi connectivity index (χ4n) is 7.84. The Balaban J connectivity index is 1.18. The van der Waals surface area contributed by atoms with Gasteiger partial charge in [0, 0.05) is 47.4 Å². The summed E-state index contributed by atoms with van der Waals surface area (Å²) >= 11 is 3.66. The topological polar surface area (TPSA) is 22.8 Å². The molecule has 0 amide bonds. The molecule has 46 heavy (non-hydrogen) atoms. The highest BCUT2D eigenvalue weighted by molar-refractivity contribution is 7.28. The molecule has 0 unspecified atom stereocenters. The maximum atomic E-state index is 5.26. The summed E-state index contributed by atoms with van der Waals surface area (Å²) in [5.41, 5.74) is 9.91. The first-order chi connectivity index (χ1) is 22.8. The summed E-state index contributed by atoms with van der Waals surface area (Å²) in [7, 11) is 0. The van der Waals surface area contributed by atoms with Gasteiger partial charge in [-0.2, -0.15) is 0 Å². The van der Waals surface area contributed by atoms with Crippen LogP contribution in [0.25, 0.3) is 90.9 Å². The van der Waals surface area contributed by atoms with Gasteiger partial charge in [-0.15, -0.1) is 11.3 Å². The van der Waals surface area contributed by atoms with Crippen molar-refractivity contribution < 1.29 is 0 Å². The Labute approximate surface area is 271 Å². The predicted octanol–water partition coefficient (Wildman–Crippen LogP) is 11.8. The predicted molar refractivity (Wildman–Crippen MR) is 199 cm³/mol. The molecule has 0 radical (unpaired) electrons. The van der Waals surface area contributed by atoms with Gasteiger partial charge in [-0.3, -0.25) is 4.57 Å². The lowest BCUT2D eigenvalue weighted by Crippen LogP contribution is -1.97. The molecule has 0 N–H and O–H groups in total. The van der Waals surface area contributed by atoms with Gasteiger partial charge in [-0.25, -0.2) is 4.98 Å². The Morgan fingerprint density at radius 2 is 1.33 bits per heavy atom. The zero-order chi connectivity index (χ0) is 29.9. The van der Waals surface area contributed by atoms with Crippen LogP contribution in [0.1, 0.15) is 17.5 Å². The maximum absolute atomic E-state index is 5.26. The van der Waals surface area contributed by atoms with Crippen LogP contribution in [-0.4, -0.2) is 14.1 Å². The van der Waals surface area contributed by atoms with Gasteiger partial charge < -0.3 is 4.57 Å². The quantitative estimate of drug-likeness (QED) is 0.188. The Kier molecular flexibility index (Phi) is 4.98. The Bertz CT molecular complexity index is 2930. The zero-order valence-corrected chi connectivity index (χ0v) is 26.3. The summed E-state index contributed by atoms with van der Waals surface area (Å²) in [5, 5.41) is 8.80. The minimum Gasteiger partial charge on any atom is -0.309 e. The number of thiazole rings is 1. The number of rotatable bonds is 2. The van der Waals surface area contributed by atoms with E-state index in [-0.39, 0.29) is 0 Å². The average Bonchev–Trinajstić information content (AvgIpc) is 3.86. The third-order valence-electron chi connectivity index (χ3n) is 9.82. The van der Waals surface area contributed by atoms with Gasteiger partial charge in [-0.1, -0.05) is 84.2 Å². The van der Waals surface area contributed by atoms with Crippen molar-refractivity contribution in [3.63, 3.8) is 0 Å². The Hall–Kier alpha value is -5.23.